The van der Waals surface area contributed by atoms with Crippen LogP contribution in [0.4, 0.5) is 0 Å². The first kappa shape index (κ1) is 15.9. The van der Waals surface area contributed by atoms with Gasteiger partial charge in [-0.1, -0.05) is 40.8 Å². The fourth-order valence-electron chi connectivity index (χ4n) is 3.23. The van der Waals surface area contributed by atoms with Crippen LogP contribution in [-0.2, 0) is 13.0 Å². The molecule has 1 aliphatic rings. The predicted molar refractivity (Wildman–Crippen MR) is 89.4 cm³/mol. The summed E-state index contributed by atoms with van der Waals surface area (Å²) < 4.78 is 5.36. The smallest absolute Gasteiger partial charge is 0.137 e. The van der Waals surface area contributed by atoms with Crippen molar-refractivity contribution in [2.45, 2.75) is 45.2 Å². The first-order chi connectivity index (χ1) is 10.6. The number of benzene rings is 1. The minimum atomic E-state index is 0.497. The van der Waals surface area contributed by atoms with Crippen LogP contribution in [0.5, 0.6) is 0 Å². The summed E-state index contributed by atoms with van der Waals surface area (Å²) in [6.45, 7) is 2.73. The summed E-state index contributed by atoms with van der Waals surface area (Å²) in [5.74, 6) is 1.58. The second-order valence-electron chi connectivity index (χ2n) is 6.05. The number of halogens is 2. The van der Waals surface area contributed by atoms with Crippen molar-refractivity contribution in [1.82, 2.24) is 10.5 Å². The Morgan fingerprint density at radius 1 is 1.27 bits per heavy atom. The van der Waals surface area contributed by atoms with Gasteiger partial charge < -0.3 is 9.84 Å². The van der Waals surface area contributed by atoms with Gasteiger partial charge in [0.05, 0.1) is 5.69 Å². The highest BCUT2D eigenvalue weighted by molar-refractivity contribution is 6.35. The van der Waals surface area contributed by atoms with Crippen LogP contribution < -0.4 is 5.32 Å². The van der Waals surface area contributed by atoms with Crippen LogP contribution in [0.25, 0.3) is 0 Å². The van der Waals surface area contributed by atoms with E-state index in [9.17, 15) is 0 Å². The average molecular weight is 339 g/mol. The molecular formula is C17H20Cl2N2O. The molecule has 0 aliphatic heterocycles. The molecule has 3 nitrogen and oxygen atoms in total. The van der Waals surface area contributed by atoms with Gasteiger partial charge in [-0.15, -0.1) is 0 Å². The van der Waals surface area contributed by atoms with Crippen molar-refractivity contribution in [3.8, 4) is 0 Å². The fourth-order valence-corrected chi connectivity index (χ4v) is 3.70. The van der Waals surface area contributed by atoms with E-state index in [-0.39, 0.29) is 0 Å². The molecule has 0 unspecified atom stereocenters. The summed E-state index contributed by atoms with van der Waals surface area (Å²) in [5, 5.41) is 9.01. The van der Waals surface area contributed by atoms with E-state index in [1.165, 1.54) is 19.3 Å². The van der Waals surface area contributed by atoms with E-state index < -0.39 is 0 Å². The summed E-state index contributed by atoms with van der Waals surface area (Å²) >= 11 is 12.2. The standard InChI is InChI=1S/C17H20Cl2N2O/c1-11-7-15(22-21-11)8-12-3-2-4-17(12)20-10-13-5-6-14(18)9-16(13)19/h5-7,9,12,17,20H,2-4,8,10H2,1H3/t12-,17+/m0/s1. The van der Waals surface area contributed by atoms with Crippen LogP contribution in [0, 0.1) is 12.8 Å². The van der Waals surface area contributed by atoms with Crippen LogP contribution in [0.15, 0.2) is 28.8 Å². The monoisotopic (exact) mass is 338 g/mol. The quantitative estimate of drug-likeness (QED) is 0.851. The molecule has 2 aromatic rings. The molecule has 2 atom stereocenters. The van der Waals surface area contributed by atoms with Gasteiger partial charge >= 0.3 is 0 Å². The molecule has 1 N–H and O–H groups in total. The second kappa shape index (κ2) is 7.03. The zero-order valence-corrected chi connectivity index (χ0v) is 14.1. The van der Waals surface area contributed by atoms with Crippen molar-refractivity contribution in [2.24, 2.45) is 5.92 Å². The summed E-state index contributed by atoms with van der Waals surface area (Å²) in [6.07, 6.45) is 4.63. The minimum Gasteiger partial charge on any atom is -0.361 e. The number of aromatic nitrogens is 1. The van der Waals surface area contributed by atoms with E-state index >= 15 is 0 Å². The molecule has 1 saturated carbocycles. The van der Waals surface area contributed by atoms with E-state index in [0.717, 1.165) is 35.0 Å². The third kappa shape index (κ3) is 3.83. The first-order valence-corrected chi connectivity index (χ1v) is 8.47. The number of nitrogens with one attached hydrogen (secondary N) is 1. The number of nitrogens with zero attached hydrogens (tertiary/aromatic N) is 1. The van der Waals surface area contributed by atoms with Crippen molar-refractivity contribution in [3.63, 3.8) is 0 Å². The van der Waals surface area contributed by atoms with Crippen LogP contribution in [0.1, 0.15) is 36.3 Å². The van der Waals surface area contributed by atoms with Gasteiger partial charge in [0.25, 0.3) is 0 Å². The maximum Gasteiger partial charge on any atom is 0.137 e. The molecule has 0 amide bonds. The zero-order chi connectivity index (χ0) is 15.5. The molecule has 0 bridgehead atoms. The van der Waals surface area contributed by atoms with E-state index in [1.807, 2.05) is 25.1 Å². The van der Waals surface area contributed by atoms with Gasteiger partial charge in [0.2, 0.25) is 0 Å². The third-order valence-electron chi connectivity index (χ3n) is 4.37. The Hall–Kier alpha value is -1.03. The number of hydrogen-bond acceptors (Lipinski definition) is 3. The maximum atomic E-state index is 6.24. The van der Waals surface area contributed by atoms with Crippen LogP contribution in [-0.4, -0.2) is 11.2 Å². The van der Waals surface area contributed by atoms with Crippen LogP contribution >= 0.6 is 23.2 Å². The van der Waals surface area contributed by atoms with Gasteiger partial charge in [-0.3, -0.25) is 0 Å². The molecular weight excluding hydrogens is 319 g/mol. The van der Waals surface area contributed by atoms with Crippen molar-refractivity contribution < 1.29 is 4.52 Å². The summed E-state index contributed by atoms with van der Waals surface area (Å²) in [6, 6.07) is 8.20. The molecule has 1 aliphatic carbocycles. The van der Waals surface area contributed by atoms with E-state index in [4.69, 9.17) is 27.7 Å². The van der Waals surface area contributed by atoms with Crippen LogP contribution in [0.2, 0.25) is 10.0 Å². The number of rotatable bonds is 5. The Balaban J connectivity index is 1.59. The molecule has 1 aromatic heterocycles. The molecule has 5 heteroatoms. The molecule has 0 spiro atoms. The summed E-state index contributed by atoms with van der Waals surface area (Å²) in [5.41, 5.74) is 2.04. The molecule has 22 heavy (non-hydrogen) atoms. The highest BCUT2D eigenvalue weighted by atomic mass is 35.5. The lowest BCUT2D eigenvalue weighted by Gasteiger charge is -2.20. The Morgan fingerprint density at radius 2 is 2.14 bits per heavy atom. The zero-order valence-electron chi connectivity index (χ0n) is 12.6. The average Bonchev–Trinajstić information content (AvgIpc) is 3.08. The predicted octanol–water partition coefficient (Wildman–Crippen LogP) is 4.79. The summed E-state index contributed by atoms with van der Waals surface area (Å²) in [4.78, 5) is 0. The number of aryl methyl sites for hydroxylation is 1. The highest BCUT2D eigenvalue weighted by Gasteiger charge is 2.28. The summed E-state index contributed by atoms with van der Waals surface area (Å²) in [7, 11) is 0. The van der Waals surface area contributed by atoms with Gasteiger partial charge in [-0.2, -0.15) is 0 Å². The Bertz CT molecular complexity index is 641. The van der Waals surface area contributed by atoms with Crippen LogP contribution in [0.3, 0.4) is 0 Å². The molecule has 0 radical (unpaired) electrons. The molecule has 3 rings (SSSR count). The Morgan fingerprint density at radius 3 is 2.86 bits per heavy atom. The van der Waals surface area contributed by atoms with Crippen molar-refractivity contribution in [1.29, 1.82) is 0 Å². The highest BCUT2D eigenvalue weighted by Crippen LogP contribution is 2.30. The fraction of sp³-hybridized carbons (Fsp3) is 0.471. The molecule has 1 heterocycles. The molecule has 1 fully saturated rings. The lowest BCUT2D eigenvalue weighted by molar-refractivity contribution is 0.329. The molecule has 118 valence electrons. The largest absolute Gasteiger partial charge is 0.361 e. The van der Waals surface area contributed by atoms with Gasteiger partial charge in [0.15, 0.2) is 0 Å². The lowest BCUT2D eigenvalue weighted by Crippen LogP contribution is -2.33. The molecule has 0 saturated heterocycles. The van der Waals surface area contributed by atoms with E-state index in [0.29, 0.717) is 17.0 Å². The lowest BCUT2D eigenvalue weighted by atomic mass is 9.97. The topological polar surface area (TPSA) is 38.1 Å². The SMILES string of the molecule is Cc1cc(C[C@@H]2CCC[C@H]2NCc2ccc(Cl)cc2Cl)on1. The van der Waals surface area contributed by atoms with Crippen molar-refractivity contribution in [2.75, 3.05) is 0 Å². The van der Waals surface area contributed by atoms with Crippen molar-refractivity contribution in [3.05, 3.63) is 51.3 Å². The third-order valence-corrected chi connectivity index (χ3v) is 4.96. The maximum absolute atomic E-state index is 6.24. The number of hydrogen-bond donors (Lipinski definition) is 1. The molecule has 1 aromatic carbocycles. The van der Waals surface area contributed by atoms with Crippen molar-refractivity contribution >= 4 is 23.2 Å². The Kier molecular flexibility index (Phi) is 5.07. The first-order valence-electron chi connectivity index (χ1n) is 7.71. The second-order valence-corrected chi connectivity index (χ2v) is 6.90. The normalized spacial score (nSPS) is 21.4. The minimum absolute atomic E-state index is 0.497. The van der Waals surface area contributed by atoms with Gasteiger partial charge in [0, 0.05) is 35.1 Å². The van der Waals surface area contributed by atoms with Gasteiger partial charge in [-0.25, -0.2) is 0 Å². The van der Waals surface area contributed by atoms with Gasteiger partial charge in [-0.05, 0) is 43.4 Å². The van der Waals surface area contributed by atoms with E-state index in [1.54, 1.807) is 6.07 Å². The Labute approximate surface area is 141 Å². The van der Waals surface area contributed by atoms with Gasteiger partial charge in [0.1, 0.15) is 5.76 Å². The van der Waals surface area contributed by atoms with E-state index in [2.05, 4.69) is 10.5 Å².